The Labute approximate surface area is 192 Å². The van der Waals surface area contributed by atoms with Crippen molar-refractivity contribution in [3.05, 3.63) is 84.2 Å². The van der Waals surface area contributed by atoms with Gasteiger partial charge in [-0.2, -0.15) is 5.10 Å². The van der Waals surface area contributed by atoms with Crippen molar-refractivity contribution in [2.75, 3.05) is 36.0 Å². The van der Waals surface area contributed by atoms with Crippen LogP contribution >= 0.6 is 0 Å². The van der Waals surface area contributed by atoms with E-state index in [1.165, 1.54) is 11.1 Å². The topological polar surface area (TPSA) is 75.3 Å². The molecule has 4 aromatic rings. The number of fused-ring (bicyclic) bond motifs is 1. The number of nitrogens with zero attached hydrogens (tertiary/aromatic N) is 8. The fourth-order valence-electron chi connectivity index (χ4n) is 4.55. The maximum atomic E-state index is 4.88. The maximum absolute atomic E-state index is 4.88. The summed E-state index contributed by atoms with van der Waals surface area (Å²) in [4.78, 5) is 22.6. The molecule has 0 atom stereocenters. The second-order valence-corrected chi connectivity index (χ2v) is 8.38. The number of hydrogen-bond acceptors (Lipinski definition) is 7. The molecule has 0 amide bonds. The van der Waals surface area contributed by atoms with Crippen LogP contribution in [0.5, 0.6) is 0 Å². The number of benzene rings is 1. The van der Waals surface area contributed by atoms with Gasteiger partial charge in [0.05, 0.1) is 18.5 Å². The molecule has 3 aromatic heterocycles. The highest BCUT2D eigenvalue weighted by Crippen LogP contribution is 2.29. The molecule has 0 saturated carbocycles. The Morgan fingerprint density at radius 3 is 2.39 bits per heavy atom. The first-order valence-electron chi connectivity index (χ1n) is 11.1. The molecule has 33 heavy (non-hydrogen) atoms. The minimum atomic E-state index is 0.716. The van der Waals surface area contributed by atoms with Gasteiger partial charge in [0, 0.05) is 68.5 Å². The zero-order valence-corrected chi connectivity index (χ0v) is 18.5. The molecular formula is C25H24N8. The van der Waals surface area contributed by atoms with Gasteiger partial charge < -0.3 is 9.80 Å². The lowest BCUT2D eigenvalue weighted by atomic mass is 9.96. The molecule has 8 nitrogen and oxygen atoms in total. The summed E-state index contributed by atoms with van der Waals surface area (Å²) >= 11 is 0. The normalized spacial score (nSPS) is 15.5. The SMILES string of the molecule is Cn1cc(-c2ccc3c(c2)C(c2ccnc(N4CCN(c5ccncn5)CC4)c2)=NC3)cn1. The Bertz CT molecular complexity index is 1320. The Morgan fingerprint density at radius 1 is 0.788 bits per heavy atom. The molecule has 0 N–H and O–H groups in total. The molecule has 2 aliphatic rings. The summed E-state index contributed by atoms with van der Waals surface area (Å²) in [6, 6.07) is 12.8. The predicted octanol–water partition coefficient (Wildman–Crippen LogP) is 2.95. The van der Waals surface area contributed by atoms with Crippen LogP contribution in [0, 0.1) is 0 Å². The summed E-state index contributed by atoms with van der Waals surface area (Å²) in [5, 5.41) is 4.31. The van der Waals surface area contributed by atoms with Crippen LogP contribution in [0.15, 0.2) is 72.5 Å². The number of piperazine rings is 1. The van der Waals surface area contributed by atoms with Crippen LogP contribution in [0.1, 0.15) is 16.7 Å². The predicted molar refractivity (Wildman–Crippen MR) is 129 cm³/mol. The number of pyridine rings is 1. The Hall–Kier alpha value is -4.07. The van der Waals surface area contributed by atoms with Crippen molar-refractivity contribution in [2.45, 2.75) is 6.54 Å². The summed E-state index contributed by atoms with van der Waals surface area (Å²) < 4.78 is 1.83. The standard InChI is InChI=1S/C25H24N8/c1-31-16-21(15-30-31)18-2-3-20-14-28-25(22(20)12-18)19-4-7-27-24(13-19)33-10-8-32(9-11-33)23-5-6-26-17-29-23/h2-7,12-13,15-17H,8-11,14H2,1H3. The van der Waals surface area contributed by atoms with Crippen LogP contribution in [0.3, 0.4) is 0 Å². The maximum Gasteiger partial charge on any atom is 0.132 e. The van der Waals surface area contributed by atoms with E-state index in [0.717, 1.165) is 60.2 Å². The van der Waals surface area contributed by atoms with Crippen molar-refractivity contribution >= 4 is 17.3 Å². The van der Waals surface area contributed by atoms with Crippen molar-refractivity contribution < 1.29 is 0 Å². The molecule has 2 aliphatic heterocycles. The van der Waals surface area contributed by atoms with Gasteiger partial charge in [0.15, 0.2) is 0 Å². The van der Waals surface area contributed by atoms with E-state index in [1.54, 1.807) is 12.5 Å². The Balaban J connectivity index is 1.23. The van der Waals surface area contributed by atoms with Gasteiger partial charge in [-0.15, -0.1) is 0 Å². The van der Waals surface area contributed by atoms with Crippen LogP contribution < -0.4 is 9.80 Å². The molecule has 8 heteroatoms. The first kappa shape index (κ1) is 19.6. The number of rotatable bonds is 4. The van der Waals surface area contributed by atoms with Gasteiger partial charge in [0.25, 0.3) is 0 Å². The molecule has 0 radical (unpaired) electrons. The zero-order chi connectivity index (χ0) is 22.2. The van der Waals surface area contributed by atoms with Crippen LogP contribution in [-0.2, 0) is 13.6 Å². The molecule has 5 heterocycles. The summed E-state index contributed by atoms with van der Waals surface area (Å²) in [7, 11) is 1.94. The summed E-state index contributed by atoms with van der Waals surface area (Å²) in [5.74, 6) is 1.97. The molecule has 0 spiro atoms. The molecule has 0 aliphatic carbocycles. The van der Waals surface area contributed by atoms with E-state index < -0.39 is 0 Å². The summed E-state index contributed by atoms with van der Waals surface area (Å²) in [5.41, 5.74) is 6.88. The lowest BCUT2D eigenvalue weighted by molar-refractivity contribution is 0.641. The third-order valence-electron chi connectivity index (χ3n) is 6.32. The molecule has 1 aromatic carbocycles. The smallest absolute Gasteiger partial charge is 0.132 e. The second kappa shape index (κ2) is 8.12. The van der Waals surface area contributed by atoms with E-state index in [4.69, 9.17) is 4.99 Å². The lowest BCUT2D eigenvalue weighted by Gasteiger charge is -2.36. The van der Waals surface area contributed by atoms with Crippen LogP contribution in [0.25, 0.3) is 11.1 Å². The molecule has 1 saturated heterocycles. The second-order valence-electron chi connectivity index (χ2n) is 8.38. The highest BCUT2D eigenvalue weighted by molar-refractivity contribution is 6.15. The van der Waals surface area contributed by atoms with Gasteiger partial charge in [0.2, 0.25) is 0 Å². The van der Waals surface area contributed by atoms with Gasteiger partial charge in [-0.05, 0) is 35.4 Å². The van der Waals surface area contributed by atoms with Gasteiger partial charge in [-0.25, -0.2) is 15.0 Å². The monoisotopic (exact) mass is 436 g/mol. The van der Waals surface area contributed by atoms with Gasteiger partial charge in [-0.3, -0.25) is 9.67 Å². The number of anilines is 2. The van der Waals surface area contributed by atoms with E-state index >= 15 is 0 Å². The first-order chi connectivity index (χ1) is 16.2. The third-order valence-corrected chi connectivity index (χ3v) is 6.32. The molecule has 0 unspecified atom stereocenters. The molecular weight excluding hydrogens is 412 g/mol. The van der Waals surface area contributed by atoms with E-state index in [1.807, 2.05) is 36.4 Å². The Kier molecular flexibility index (Phi) is 4.83. The van der Waals surface area contributed by atoms with Crippen molar-refractivity contribution in [1.82, 2.24) is 24.7 Å². The molecule has 0 bridgehead atoms. The molecule has 1 fully saturated rings. The summed E-state index contributed by atoms with van der Waals surface area (Å²) in [6.07, 6.45) is 9.23. The Morgan fingerprint density at radius 2 is 1.64 bits per heavy atom. The first-order valence-corrected chi connectivity index (χ1v) is 11.1. The van der Waals surface area contributed by atoms with E-state index in [9.17, 15) is 0 Å². The number of aryl methyl sites for hydroxylation is 1. The quantitative estimate of drug-likeness (QED) is 0.490. The number of hydrogen-bond donors (Lipinski definition) is 0. The minimum absolute atomic E-state index is 0.716. The lowest BCUT2D eigenvalue weighted by Crippen LogP contribution is -2.47. The van der Waals surface area contributed by atoms with Gasteiger partial charge >= 0.3 is 0 Å². The van der Waals surface area contributed by atoms with E-state index in [0.29, 0.717) is 6.54 Å². The average molecular weight is 437 g/mol. The van der Waals surface area contributed by atoms with E-state index in [-0.39, 0.29) is 0 Å². The fraction of sp³-hybridized carbons (Fsp3) is 0.240. The van der Waals surface area contributed by atoms with Gasteiger partial charge in [-0.1, -0.05) is 12.1 Å². The third kappa shape index (κ3) is 3.73. The highest BCUT2D eigenvalue weighted by atomic mass is 15.3. The van der Waals surface area contributed by atoms with E-state index in [2.05, 4.69) is 60.2 Å². The molecule has 164 valence electrons. The van der Waals surface area contributed by atoms with Crippen LogP contribution in [0.4, 0.5) is 11.6 Å². The largest absolute Gasteiger partial charge is 0.353 e. The molecule has 6 rings (SSSR count). The van der Waals surface area contributed by atoms with Crippen molar-refractivity contribution in [3.8, 4) is 11.1 Å². The van der Waals surface area contributed by atoms with Gasteiger partial charge in [0.1, 0.15) is 18.0 Å². The minimum Gasteiger partial charge on any atom is -0.353 e. The van der Waals surface area contributed by atoms with Crippen molar-refractivity contribution in [3.63, 3.8) is 0 Å². The fourth-order valence-corrected chi connectivity index (χ4v) is 4.55. The van der Waals surface area contributed by atoms with Crippen LogP contribution in [-0.4, -0.2) is 56.6 Å². The van der Waals surface area contributed by atoms with Crippen LogP contribution in [0.2, 0.25) is 0 Å². The summed E-state index contributed by atoms with van der Waals surface area (Å²) in [6.45, 7) is 4.32. The number of aromatic nitrogens is 5. The highest BCUT2D eigenvalue weighted by Gasteiger charge is 2.22. The average Bonchev–Trinajstić information content (AvgIpc) is 3.50. The number of aliphatic imine (C=N–C) groups is 1. The zero-order valence-electron chi connectivity index (χ0n) is 18.5. The van der Waals surface area contributed by atoms with Crippen molar-refractivity contribution in [2.24, 2.45) is 12.0 Å². The van der Waals surface area contributed by atoms with Crippen molar-refractivity contribution in [1.29, 1.82) is 0 Å².